The van der Waals surface area contributed by atoms with Gasteiger partial charge in [0.15, 0.2) is 0 Å². The quantitative estimate of drug-likeness (QED) is 0.301. The second-order valence-corrected chi connectivity index (χ2v) is 9.89. The first-order valence-electron chi connectivity index (χ1n) is 10.8. The Morgan fingerprint density at radius 1 is 1.26 bits per heavy atom. The average Bonchev–Trinajstić information content (AvgIpc) is 3.47. The topological polar surface area (TPSA) is 157 Å². The summed E-state index contributed by atoms with van der Waals surface area (Å²) in [7, 11) is -3.72. The zero-order chi connectivity index (χ0) is 23.7. The van der Waals surface area contributed by atoms with Crippen LogP contribution in [0.2, 0.25) is 0 Å². The Hall–Kier alpha value is -3.72. The number of aromatic nitrogens is 3. The Balaban J connectivity index is 1.32. The summed E-state index contributed by atoms with van der Waals surface area (Å²) in [4.78, 5) is 12.1. The number of hydrogen-bond donors (Lipinski definition) is 4. The molecule has 0 bridgehead atoms. The van der Waals surface area contributed by atoms with E-state index in [-0.39, 0.29) is 23.6 Å². The number of aliphatic hydroxyl groups excluding tert-OH is 1. The Bertz CT molecular complexity index is 1480. The minimum atomic E-state index is -3.72. The number of sulfonamides is 1. The molecule has 0 unspecified atom stereocenters. The number of nitrogens with one attached hydrogen (secondary N) is 3. The van der Waals surface area contributed by atoms with Gasteiger partial charge >= 0.3 is 0 Å². The first-order valence-corrected chi connectivity index (χ1v) is 12.3. The lowest BCUT2D eigenvalue weighted by Crippen LogP contribution is -2.49. The van der Waals surface area contributed by atoms with Gasteiger partial charge in [0.2, 0.25) is 15.9 Å². The van der Waals surface area contributed by atoms with Crippen LogP contribution in [0.1, 0.15) is 24.1 Å². The molecule has 1 aliphatic carbocycles. The zero-order valence-electron chi connectivity index (χ0n) is 18.0. The van der Waals surface area contributed by atoms with Crippen LogP contribution >= 0.6 is 0 Å². The van der Waals surface area contributed by atoms with Crippen LogP contribution in [-0.4, -0.2) is 47.2 Å². The highest BCUT2D eigenvalue weighted by Gasteiger charge is 2.34. The van der Waals surface area contributed by atoms with E-state index in [1.807, 2.05) is 12.1 Å². The maximum Gasteiger partial charge on any atom is 0.240 e. The fourth-order valence-electron chi connectivity index (χ4n) is 4.04. The molecule has 34 heavy (non-hydrogen) atoms. The lowest BCUT2D eigenvalue weighted by atomic mass is 9.87. The number of benzene rings is 1. The molecule has 4 aromatic rings. The molecule has 4 N–H and O–H groups in total. The van der Waals surface area contributed by atoms with Gasteiger partial charge in [0.25, 0.3) is 0 Å². The lowest BCUT2D eigenvalue weighted by Gasteiger charge is -2.37. The fourth-order valence-corrected chi connectivity index (χ4v) is 5.35. The molecule has 0 amide bonds. The zero-order valence-corrected chi connectivity index (χ0v) is 18.8. The summed E-state index contributed by atoms with van der Waals surface area (Å²) in [5.41, 5.74) is 3.15. The second-order valence-electron chi connectivity index (χ2n) is 8.17. The smallest absolute Gasteiger partial charge is 0.240 e. The third kappa shape index (κ3) is 4.26. The molecule has 0 aliphatic heterocycles. The summed E-state index contributed by atoms with van der Waals surface area (Å²) < 4.78 is 33.8. The van der Waals surface area contributed by atoms with Gasteiger partial charge in [0.1, 0.15) is 11.9 Å². The molecule has 0 radical (unpaired) electrons. The molecule has 1 fully saturated rings. The number of nitrogens with zero attached hydrogens (tertiary/aromatic N) is 3. The van der Waals surface area contributed by atoms with Gasteiger partial charge in [-0.25, -0.2) is 23.1 Å². The molecule has 3 heterocycles. The second kappa shape index (κ2) is 8.90. The van der Waals surface area contributed by atoms with Gasteiger partial charge in [-0.1, -0.05) is 6.07 Å². The van der Waals surface area contributed by atoms with E-state index in [2.05, 4.69) is 25.0 Å². The number of anilines is 1. The van der Waals surface area contributed by atoms with Crippen LogP contribution in [0.25, 0.3) is 22.5 Å². The third-order valence-electron chi connectivity index (χ3n) is 5.82. The Morgan fingerprint density at radius 3 is 2.91 bits per heavy atom. The number of aromatic amines is 1. The number of hydrogen-bond acceptors (Lipinski definition) is 8. The van der Waals surface area contributed by atoms with E-state index >= 15 is 0 Å². The highest BCUT2D eigenvalue weighted by molar-refractivity contribution is 7.89. The van der Waals surface area contributed by atoms with Gasteiger partial charge < -0.3 is 19.8 Å². The molecule has 0 atom stereocenters. The van der Waals surface area contributed by atoms with Gasteiger partial charge in [-0.05, 0) is 37.1 Å². The van der Waals surface area contributed by atoms with Crippen molar-refractivity contribution in [2.24, 2.45) is 0 Å². The number of oxazole rings is 1. The minimum Gasteiger partial charge on any atom is -0.444 e. The van der Waals surface area contributed by atoms with Gasteiger partial charge in [-0.2, -0.15) is 5.26 Å². The molecule has 3 aromatic heterocycles. The first kappa shape index (κ1) is 22.1. The van der Waals surface area contributed by atoms with E-state index in [4.69, 9.17) is 14.8 Å². The van der Waals surface area contributed by atoms with Crippen molar-refractivity contribution in [1.29, 1.82) is 5.26 Å². The SMILES string of the molecule is N#Cc1cccc(S(=O)(=O)NC2CC(Nc3c(-c4nc(CCO)co4)cnc4[nH]ccc34)C2)c1. The number of nitriles is 1. The Kier molecular flexibility index (Phi) is 5.79. The minimum absolute atomic E-state index is 0.0215. The molecule has 1 aliphatic rings. The molecule has 0 saturated heterocycles. The van der Waals surface area contributed by atoms with Crippen molar-refractivity contribution in [1.82, 2.24) is 19.7 Å². The summed E-state index contributed by atoms with van der Waals surface area (Å²) in [6.07, 6.45) is 6.57. The Labute approximate surface area is 195 Å². The maximum atomic E-state index is 12.7. The maximum absolute atomic E-state index is 12.7. The largest absolute Gasteiger partial charge is 0.444 e. The van der Waals surface area contributed by atoms with Gasteiger partial charge in [0.05, 0.1) is 33.5 Å². The lowest BCUT2D eigenvalue weighted by molar-refractivity contribution is 0.298. The molecular weight excluding hydrogens is 456 g/mol. The summed E-state index contributed by atoms with van der Waals surface area (Å²) in [6, 6.07) is 9.64. The normalized spacial score (nSPS) is 17.9. The van der Waals surface area contributed by atoms with Crippen LogP contribution in [-0.2, 0) is 16.4 Å². The number of rotatable bonds is 8. The van der Waals surface area contributed by atoms with Gasteiger partial charge in [-0.15, -0.1) is 0 Å². The molecule has 174 valence electrons. The van der Waals surface area contributed by atoms with Crippen molar-refractivity contribution < 1.29 is 17.9 Å². The van der Waals surface area contributed by atoms with E-state index in [0.29, 0.717) is 47.6 Å². The summed E-state index contributed by atoms with van der Waals surface area (Å²) in [5, 5.41) is 22.6. The van der Waals surface area contributed by atoms with Crippen LogP contribution in [0, 0.1) is 11.3 Å². The average molecular weight is 479 g/mol. The Morgan fingerprint density at radius 2 is 2.12 bits per heavy atom. The van der Waals surface area contributed by atoms with Crippen molar-refractivity contribution in [2.45, 2.75) is 36.2 Å². The predicted octanol–water partition coefficient (Wildman–Crippen LogP) is 2.55. The molecular formula is C23H22N6O4S. The van der Waals surface area contributed by atoms with E-state index in [1.54, 1.807) is 24.5 Å². The highest BCUT2D eigenvalue weighted by atomic mass is 32.2. The van der Waals surface area contributed by atoms with E-state index in [9.17, 15) is 8.42 Å². The first-order chi connectivity index (χ1) is 16.5. The van der Waals surface area contributed by atoms with Crippen molar-refractivity contribution in [2.75, 3.05) is 11.9 Å². The van der Waals surface area contributed by atoms with Crippen molar-refractivity contribution in [3.63, 3.8) is 0 Å². The predicted molar refractivity (Wildman–Crippen MR) is 124 cm³/mol. The molecule has 1 aromatic carbocycles. The summed E-state index contributed by atoms with van der Waals surface area (Å²) >= 11 is 0. The van der Waals surface area contributed by atoms with Crippen molar-refractivity contribution in [3.8, 4) is 17.5 Å². The van der Waals surface area contributed by atoms with E-state index in [0.717, 1.165) is 11.1 Å². The molecule has 1 saturated carbocycles. The number of H-pyrrole nitrogens is 1. The van der Waals surface area contributed by atoms with Crippen LogP contribution < -0.4 is 10.0 Å². The molecule has 0 spiro atoms. The standard InChI is InChI=1S/C23H22N6O4S/c24-11-14-2-1-3-18(8-14)34(31,32)29-17-9-16(10-17)27-21-19-4-6-25-22(19)26-12-20(21)23-28-15(5-7-30)13-33-23/h1-4,6,8,12-13,16-17,29-30H,5,7,9-10H2,(H2,25,26,27). The summed E-state index contributed by atoms with van der Waals surface area (Å²) in [5.74, 6) is 0.399. The summed E-state index contributed by atoms with van der Waals surface area (Å²) in [6.45, 7) is -0.0215. The monoisotopic (exact) mass is 478 g/mol. The van der Waals surface area contributed by atoms with Gasteiger partial charge in [-0.3, -0.25) is 0 Å². The molecule has 10 nitrogen and oxygen atoms in total. The van der Waals surface area contributed by atoms with Crippen LogP contribution in [0.15, 0.2) is 58.3 Å². The van der Waals surface area contributed by atoms with Crippen molar-refractivity contribution >= 4 is 26.7 Å². The van der Waals surface area contributed by atoms with Gasteiger partial charge in [0, 0.05) is 42.9 Å². The molecule has 11 heteroatoms. The van der Waals surface area contributed by atoms with E-state index < -0.39 is 10.0 Å². The van der Waals surface area contributed by atoms with Crippen LogP contribution in [0.3, 0.4) is 0 Å². The van der Waals surface area contributed by atoms with Crippen molar-refractivity contribution in [3.05, 3.63) is 60.2 Å². The highest BCUT2D eigenvalue weighted by Crippen LogP contribution is 2.36. The fraction of sp³-hybridized carbons (Fsp3) is 0.261. The van der Waals surface area contributed by atoms with E-state index in [1.165, 1.54) is 18.4 Å². The van der Waals surface area contributed by atoms with Crippen LogP contribution in [0.4, 0.5) is 5.69 Å². The van der Waals surface area contributed by atoms with Crippen LogP contribution in [0.5, 0.6) is 0 Å². The third-order valence-corrected chi connectivity index (χ3v) is 7.34. The number of pyridine rings is 1. The molecule has 5 rings (SSSR count). The number of aliphatic hydroxyl groups is 1. The number of fused-ring (bicyclic) bond motifs is 1.